The molecule has 0 aliphatic carbocycles. The van der Waals surface area contributed by atoms with E-state index in [9.17, 15) is 9.18 Å². The maximum Gasteiger partial charge on any atom is 0.200 e. The number of hydrogen-bond acceptors (Lipinski definition) is 6. The first kappa shape index (κ1) is 18.0. The van der Waals surface area contributed by atoms with Crippen molar-refractivity contribution in [3.63, 3.8) is 0 Å². The molecule has 0 bridgehead atoms. The van der Waals surface area contributed by atoms with Crippen molar-refractivity contribution >= 4 is 28.0 Å². The smallest absolute Gasteiger partial charge is 0.200 e. The van der Waals surface area contributed by atoms with Crippen molar-refractivity contribution in [3.8, 4) is 11.1 Å². The number of imidazole rings is 1. The van der Waals surface area contributed by atoms with Crippen LogP contribution in [0.15, 0.2) is 70.4 Å². The van der Waals surface area contributed by atoms with E-state index in [0.29, 0.717) is 57.8 Å². The highest BCUT2D eigenvalue weighted by atomic mass is 19.1. The van der Waals surface area contributed by atoms with E-state index in [2.05, 4.69) is 25.3 Å². The molecule has 0 amide bonds. The number of benzene rings is 2. The van der Waals surface area contributed by atoms with Gasteiger partial charge in [0.2, 0.25) is 5.43 Å². The van der Waals surface area contributed by atoms with Crippen molar-refractivity contribution in [1.29, 1.82) is 0 Å². The number of aromatic nitrogens is 4. The molecule has 0 fully saturated rings. The van der Waals surface area contributed by atoms with Gasteiger partial charge in [0.1, 0.15) is 29.0 Å². The summed E-state index contributed by atoms with van der Waals surface area (Å²) < 4.78 is 19.9. The molecule has 3 heterocycles. The Morgan fingerprint density at radius 1 is 1.07 bits per heavy atom. The largest absolute Gasteiger partial charge is 0.460 e. The molecule has 0 aliphatic rings. The van der Waals surface area contributed by atoms with Crippen LogP contribution in [-0.4, -0.2) is 26.5 Å². The number of hydrogen-bond donors (Lipinski definition) is 2. The van der Waals surface area contributed by atoms with E-state index in [4.69, 9.17) is 4.42 Å². The first-order valence-corrected chi connectivity index (χ1v) is 9.39. The van der Waals surface area contributed by atoms with Crippen molar-refractivity contribution in [2.75, 3.05) is 11.9 Å². The molecule has 5 rings (SSSR count). The standard InChI is InChI=1S/C22H16FN5O2/c23-14-5-3-4-13(10-14)18-17(30-16-7-2-1-6-15(16)20(18)29)8-9-24-21-19-22(26-11-25-19)28-12-27-21/h1-7,10-12H,8-9H2,(H2,24,25,26,27,28). The Bertz CT molecular complexity index is 1430. The van der Waals surface area contributed by atoms with E-state index in [1.165, 1.54) is 18.5 Å². The molecule has 0 unspecified atom stereocenters. The minimum atomic E-state index is -0.410. The van der Waals surface area contributed by atoms with Crippen LogP contribution in [0.2, 0.25) is 0 Å². The highest BCUT2D eigenvalue weighted by Crippen LogP contribution is 2.26. The van der Waals surface area contributed by atoms with Gasteiger partial charge in [-0.05, 0) is 29.8 Å². The Labute approximate surface area is 169 Å². The van der Waals surface area contributed by atoms with Gasteiger partial charge in [0.25, 0.3) is 0 Å². The number of para-hydroxylation sites is 1. The first-order valence-electron chi connectivity index (χ1n) is 9.39. The van der Waals surface area contributed by atoms with Crippen LogP contribution in [0.3, 0.4) is 0 Å². The molecule has 7 nitrogen and oxygen atoms in total. The van der Waals surface area contributed by atoms with E-state index in [-0.39, 0.29) is 5.43 Å². The van der Waals surface area contributed by atoms with Gasteiger partial charge < -0.3 is 14.7 Å². The average Bonchev–Trinajstić information content (AvgIpc) is 3.24. The second-order valence-electron chi connectivity index (χ2n) is 6.74. The zero-order valence-electron chi connectivity index (χ0n) is 15.7. The number of aromatic amines is 1. The third-order valence-electron chi connectivity index (χ3n) is 4.85. The van der Waals surface area contributed by atoms with Crippen LogP contribution < -0.4 is 10.7 Å². The highest BCUT2D eigenvalue weighted by Gasteiger charge is 2.17. The van der Waals surface area contributed by atoms with E-state index in [1.807, 2.05) is 6.07 Å². The van der Waals surface area contributed by atoms with Gasteiger partial charge >= 0.3 is 0 Å². The summed E-state index contributed by atoms with van der Waals surface area (Å²) in [5.74, 6) is 0.673. The number of rotatable bonds is 5. The van der Waals surface area contributed by atoms with Crippen LogP contribution in [0, 0.1) is 5.82 Å². The molecule has 0 atom stereocenters. The molecule has 0 saturated heterocycles. The monoisotopic (exact) mass is 401 g/mol. The molecule has 0 aliphatic heterocycles. The summed E-state index contributed by atoms with van der Waals surface area (Å²) in [4.78, 5) is 28.6. The summed E-state index contributed by atoms with van der Waals surface area (Å²) in [7, 11) is 0. The number of nitrogens with one attached hydrogen (secondary N) is 2. The molecule has 2 aromatic carbocycles. The maximum absolute atomic E-state index is 13.9. The zero-order valence-corrected chi connectivity index (χ0v) is 15.7. The molecular formula is C22H16FN5O2. The summed E-state index contributed by atoms with van der Waals surface area (Å²) >= 11 is 0. The lowest BCUT2D eigenvalue weighted by molar-refractivity contribution is 0.542. The minimum absolute atomic E-state index is 0.185. The van der Waals surface area contributed by atoms with Crippen LogP contribution >= 0.6 is 0 Å². The topological polar surface area (TPSA) is 96.7 Å². The van der Waals surface area contributed by atoms with E-state index in [0.717, 1.165) is 0 Å². The predicted octanol–water partition coefficient (Wildman–Crippen LogP) is 3.92. The van der Waals surface area contributed by atoms with Crippen molar-refractivity contribution < 1.29 is 8.81 Å². The van der Waals surface area contributed by atoms with E-state index in [1.54, 1.807) is 36.7 Å². The Morgan fingerprint density at radius 3 is 2.87 bits per heavy atom. The second-order valence-corrected chi connectivity index (χ2v) is 6.74. The summed E-state index contributed by atoms with van der Waals surface area (Å²) in [5, 5.41) is 3.68. The molecule has 3 aromatic heterocycles. The molecule has 30 heavy (non-hydrogen) atoms. The molecule has 0 spiro atoms. The second kappa shape index (κ2) is 7.40. The van der Waals surface area contributed by atoms with Gasteiger partial charge in [-0.3, -0.25) is 4.79 Å². The zero-order chi connectivity index (χ0) is 20.5. The van der Waals surface area contributed by atoms with Crippen molar-refractivity contribution in [2.45, 2.75) is 6.42 Å². The lowest BCUT2D eigenvalue weighted by Crippen LogP contribution is -2.13. The number of fused-ring (bicyclic) bond motifs is 2. The summed E-state index contributed by atoms with van der Waals surface area (Å²) in [6.07, 6.45) is 3.38. The van der Waals surface area contributed by atoms with Crippen molar-refractivity contribution in [2.24, 2.45) is 0 Å². The molecular weight excluding hydrogens is 385 g/mol. The summed E-state index contributed by atoms with van der Waals surface area (Å²) in [6, 6.07) is 13.0. The fourth-order valence-electron chi connectivity index (χ4n) is 3.49. The third-order valence-corrected chi connectivity index (χ3v) is 4.85. The van der Waals surface area contributed by atoms with Crippen LogP contribution in [-0.2, 0) is 6.42 Å². The van der Waals surface area contributed by atoms with Gasteiger partial charge in [0, 0.05) is 13.0 Å². The lowest BCUT2D eigenvalue weighted by Gasteiger charge is -2.11. The average molecular weight is 401 g/mol. The minimum Gasteiger partial charge on any atom is -0.460 e. The van der Waals surface area contributed by atoms with E-state index < -0.39 is 5.82 Å². The SMILES string of the molecule is O=c1c(-c2cccc(F)c2)c(CCNc2ncnc3nc[nH]c23)oc2ccccc12. The van der Waals surface area contributed by atoms with Gasteiger partial charge in [0.05, 0.1) is 17.3 Å². The van der Waals surface area contributed by atoms with Gasteiger partial charge in [-0.2, -0.15) is 0 Å². The predicted molar refractivity (Wildman–Crippen MR) is 112 cm³/mol. The Hall–Kier alpha value is -4.07. The molecule has 0 saturated carbocycles. The fraction of sp³-hybridized carbons (Fsp3) is 0.0909. The van der Waals surface area contributed by atoms with Gasteiger partial charge in [0.15, 0.2) is 11.5 Å². The molecule has 0 radical (unpaired) electrons. The number of nitrogens with zero attached hydrogens (tertiary/aromatic N) is 3. The Balaban J connectivity index is 1.53. The molecule has 148 valence electrons. The normalized spacial score (nSPS) is 11.2. The van der Waals surface area contributed by atoms with Gasteiger partial charge in [-0.15, -0.1) is 0 Å². The highest BCUT2D eigenvalue weighted by molar-refractivity contribution is 5.83. The van der Waals surface area contributed by atoms with Crippen LogP contribution in [0.5, 0.6) is 0 Å². The van der Waals surface area contributed by atoms with Crippen LogP contribution in [0.4, 0.5) is 10.2 Å². The molecule has 2 N–H and O–H groups in total. The Morgan fingerprint density at radius 2 is 1.97 bits per heavy atom. The van der Waals surface area contributed by atoms with Gasteiger partial charge in [-0.1, -0.05) is 24.3 Å². The van der Waals surface area contributed by atoms with E-state index >= 15 is 0 Å². The maximum atomic E-state index is 13.9. The Kier molecular flexibility index (Phi) is 4.44. The fourth-order valence-corrected chi connectivity index (χ4v) is 3.49. The van der Waals surface area contributed by atoms with Crippen LogP contribution in [0.1, 0.15) is 5.76 Å². The quantitative estimate of drug-likeness (QED) is 0.463. The lowest BCUT2D eigenvalue weighted by atomic mass is 10.0. The van der Waals surface area contributed by atoms with Crippen molar-refractivity contribution in [3.05, 3.63) is 83.0 Å². The number of anilines is 1. The van der Waals surface area contributed by atoms with Gasteiger partial charge in [-0.25, -0.2) is 19.3 Å². The summed E-state index contributed by atoms with van der Waals surface area (Å²) in [5.41, 5.74) is 2.42. The third kappa shape index (κ3) is 3.18. The summed E-state index contributed by atoms with van der Waals surface area (Å²) in [6.45, 7) is 0.439. The van der Waals surface area contributed by atoms with Crippen molar-refractivity contribution in [1.82, 2.24) is 19.9 Å². The van der Waals surface area contributed by atoms with Crippen LogP contribution in [0.25, 0.3) is 33.3 Å². The molecule has 5 aromatic rings. The first-order chi connectivity index (χ1) is 14.7. The number of halogens is 1. The number of H-pyrrole nitrogens is 1. The molecule has 8 heteroatoms.